The van der Waals surface area contributed by atoms with Crippen molar-refractivity contribution in [3.05, 3.63) is 11.5 Å². The Hall–Kier alpha value is -1.07. The number of nitrogens with zero attached hydrogens (tertiary/aromatic N) is 3. The summed E-state index contributed by atoms with van der Waals surface area (Å²) in [5.41, 5.74) is 6.55. The molecule has 0 unspecified atom stereocenters. The molecule has 1 aliphatic rings. The van der Waals surface area contributed by atoms with Crippen LogP contribution in [-0.4, -0.2) is 41.0 Å². The first-order valence-corrected chi connectivity index (χ1v) is 6.11. The third-order valence-corrected chi connectivity index (χ3v) is 3.79. The Balaban J connectivity index is 2.04. The van der Waals surface area contributed by atoms with Crippen LogP contribution in [-0.2, 0) is 0 Å². The minimum absolute atomic E-state index is 0.217. The molecule has 1 saturated carbocycles. The fraction of sp³-hybridized carbons (Fsp3) is 0.636. The van der Waals surface area contributed by atoms with Crippen LogP contribution in [0.4, 0.5) is 11.5 Å². The highest BCUT2D eigenvalue weighted by molar-refractivity contribution is 6.28. The number of nitrogen functional groups attached to an aromatic ring is 1. The van der Waals surface area contributed by atoms with Crippen LogP contribution in [0.25, 0.3) is 0 Å². The number of nitrogens with one attached hydrogen (secondary N) is 1. The molecule has 1 aromatic heterocycles. The second-order valence-electron chi connectivity index (χ2n) is 4.77. The van der Waals surface area contributed by atoms with Gasteiger partial charge in [-0.1, -0.05) is 0 Å². The maximum Gasteiger partial charge on any atom is 0.224 e. The minimum atomic E-state index is 0.217. The Morgan fingerprint density at radius 3 is 2.76 bits per heavy atom. The van der Waals surface area contributed by atoms with Gasteiger partial charge in [0.15, 0.2) is 5.82 Å². The van der Waals surface area contributed by atoms with Crippen molar-refractivity contribution >= 4 is 23.1 Å². The van der Waals surface area contributed by atoms with E-state index >= 15 is 0 Å². The van der Waals surface area contributed by atoms with E-state index in [0.29, 0.717) is 11.5 Å². The second kappa shape index (κ2) is 4.66. The van der Waals surface area contributed by atoms with Crippen molar-refractivity contribution in [2.24, 2.45) is 0 Å². The highest BCUT2D eigenvalue weighted by Gasteiger charge is 2.38. The van der Waals surface area contributed by atoms with E-state index in [1.54, 1.807) is 0 Å². The van der Waals surface area contributed by atoms with Gasteiger partial charge in [-0.15, -0.1) is 0 Å². The predicted octanol–water partition coefficient (Wildman–Crippen LogP) is 1.61. The van der Waals surface area contributed by atoms with Crippen molar-refractivity contribution < 1.29 is 0 Å². The van der Waals surface area contributed by atoms with Gasteiger partial charge in [-0.2, -0.15) is 4.98 Å². The van der Waals surface area contributed by atoms with E-state index in [2.05, 4.69) is 34.3 Å². The van der Waals surface area contributed by atoms with Gasteiger partial charge < -0.3 is 16.0 Å². The van der Waals surface area contributed by atoms with Crippen LogP contribution in [0.2, 0.25) is 5.28 Å². The summed E-state index contributed by atoms with van der Waals surface area (Å²) in [6.07, 6.45) is 5.21. The lowest BCUT2D eigenvalue weighted by Gasteiger charge is -2.47. The average Bonchev–Trinajstić information content (AvgIpc) is 2.21. The molecule has 1 fully saturated rings. The number of nitrogens with two attached hydrogens (primary N) is 1. The number of rotatable bonds is 4. The van der Waals surface area contributed by atoms with Crippen molar-refractivity contribution in [3.63, 3.8) is 0 Å². The van der Waals surface area contributed by atoms with Gasteiger partial charge in [0.2, 0.25) is 5.28 Å². The lowest BCUT2D eigenvalue weighted by atomic mass is 9.75. The monoisotopic (exact) mass is 255 g/mol. The van der Waals surface area contributed by atoms with E-state index in [0.717, 1.165) is 6.54 Å². The van der Waals surface area contributed by atoms with Gasteiger partial charge in [0, 0.05) is 12.1 Å². The zero-order valence-corrected chi connectivity index (χ0v) is 11.0. The third kappa shape index (κ3) is 2.45. The van der Waals surface area contributed by atoms with Gasteiger partial charge >= 0.3 is 0 Å². The number of likely N-dealkylation sites (N-methyl/N-ethyl adjacent to an activating group) is 1. The van der Waals surface area contributed by atoms with E-state index in [9.17, 15) is 0 Å². The van der Waals surface area contributed by atoms with Gasteiger partial charge in [0.25, 0.3) is 0 Å². The van der Waals surface area contributed by atoms with Crippen molar-refractivity contribution in [2.45, 2.75) is 24.8 Å². The molecule has 0 atom stereocenters. The summed E-state index contributed by atoms with van der Waals surface area (Å²) in [6, 6.07) is 0. The first-order valence-electron chi connectivity index (χ1n) is 5.73. The van der Waals surface area contributed by atoms with E-state index in [-0.39, 0.29) is 10.8 Å². The molecular formula is C11H18ClN5. The molecule has 0 saturated heterocycles. The summed E-state index contributed by atoms with van der Waals surface area (Å²) in [5, 5.41) is 3.49. The average molecular weight is 256 g/mol. The van der Waals surface area contributed by atoms with E-state index in [1.807, 2.05) is 0 Å². The molecule has 3 N–H and O–H groups in total. The Labute approximate surface area is 106 Å². The normalized spacial score (nSPS) is 17.9. The molecule has 0 amide bonds. The van der Waals surface area contributed by atoms with Crippen molar-refractivity contribution in [1.82, 2.24) is 14.9 Å². The first kappa shape index (κ1) is 12.4. The van der Waals surface area contributed by atoms with Crippen LogP contribution < -0.4 is 11.1 Å². The molecule has 17 heavy (non-hydrogen) atoms. The molecule has 1 heterocycles. The number of anilines is 2. The summed E-state index contributed by atoms with van der Waals surface area (Å²) in [6.45, 7) is 0.831. The highest BCUT2D eigenvalue weighted by atomic mass is 35.5. The summed E-state index contributed by atoms with van der Waals surface area (Å²) in [5.74, 6) is 0.623. The van der Waals surface area contributed by atoms with Crippen molar-refractivity contribution in [1.29, 1.82) is 0 Å². The van der Waals surface area contributed by atoms with E-state index < -0.39 is 0 Å². The Kier molecular flexibility index (Phi) is 3.40. The van der Waals surface area contributed by atoms with Crippen LogP contribution in [0.5, 0.6) is 0 Å². The summed E-state index contributed by atoms with van der Waals surface area (Å²) in [7, 11) is 4.22. The molecule has 6 heteroatoms. The van der Waals surface area contributed by atoms with Gasteiger partial charge in [-0.25, -0.2) is 4.98 Å². The number of hydrogen-bond acceptors (Lipinski definition) is 5. The van der Waals surface area contributed by atoms with Crippen LogP contribution in [0, 0.1) is 0 Å². The molecule has 0 aliphatic heterocycles. The third-order valence-electron chi connectivity index (χ3n) is 3.61. The lowest BCUT2D eigenvalue weighted by Crippen LogP contribution is -2.54. The van der Waals surface area contributed by atoms with Crippen LogP contribution >= 0.6 is 11.6 Å². The molecule has 0 bridgehead atoms. The molecule has 1 aliphatic carbocycles. The Morgan fingerprint density at radius 1 is 1.53 bits per heavy atom. The summed E-state index contributed by atoms with van der Waals surface area (Å²) < 4.78 is 0. The molecule has 0 spiro atoms. The highest BCUT2D eigenvalue weighted by Crippen LogP contribution is 2.36. The van der Waals surface area contributed by atoms with Gasteiger partial charge in [0.05, 0.1) is 11.9 Å². The largest absolute Gasteiger partial charge is 0.394 e. The van der Waals surface area contributed by atoms with Crippen molar-refractivity contribution in [3.8, 4) is 0 Å². The number of halogens is 1. The Morgan fingerprint density at radius 2 is 2.24 bits per heavy atom. The quantitative estimate of drug-likeness (QED) is 0.800. The molecule has 94 valence electrons. The van der Waals surface area contributed by atoms with Crippen LogP contribution in [0.15, 0.2) is 6.20 Å². The van der Waals surface area contributed by atoms with Crippen LogP contribution in [0.1, 0.15) is 19.3 Å². The lowest BCUT2D eigenvalue weighted by molar-refractivity contribution is 0.0738. The zero-order chi connectivity index (χ0) is 12.5. The zero-order valence-electron chi connectivity index (χ0n) is 10.2. The molecule has 2 rings (SSSR count). The van der Waals surface area contributed by atoms with Gasteiger partial charge in [-0.05, 0) is 45.0 Å². The SMILES string of the molecule is CN(C)C1(CNc2nc(Cl)ncc2N)CCC1. The van der Waals surface area contributed by atoms with E-state index in [4.69, 9.17) is 17.3 Å². The van der Waals surface area contributed by atoms with Crippen molar-refractivity contribution in [2.75, 3.05) is 31.7 Å². The topological polar surface area (TPSA) is 67.1 Å². The summed E-state index contributed by atoms with van der Waals surface area (Å²) in [4.78, 5) is 10.2. The second-order valence-corrected chi connectivity index (χ2v) is 5.11. The minimum Gasteiger partial charge on any atom is -0.394 e. The maximum atomic E-state index is 5.79. The molecule has 5 nitrogen and oxygen atoms in total. The van der Waals surface area contributed by atoms with Crippen LogP contribution in [0.3, 0.4) is 0 Å². The smallest absolute Gasteiger partial charge is 0.224 e. The number of aromatic nitrogens is 2. The molecule has 1 aromatic rings. The molecule has 0 radical (unpaired) electrons. The number of hydrogen-bond donors (Lipinski definition) is 2. The first-order chi connectivity index (χ1) is 8.03. The molecular weight excluding hydrogens is 238 g/mol. The fourth-order valence-corrected chi connectivity index (χ4v) is 2.26. The fourth-order valence-electron chi connectivity index (χ4n) is 2.13. The standard InChI is InChI=1S/C11H18ClN5/c1-17(2)11(4-3-5-11)7-15-9-8(13)6-14-10(12)16-9/h6H,3-5,7,13H2,1-2H3,(H,14,15,16). The summed E-state index contributed by atoms with van der Waals surface area (Å²) >= 11 is 5.75. The van der Waals surface area contributed by atoms with Gasteiger partial charge in [-0.3, -0.25) is 0 Å². The predicted molar refractivity (Wildman–Crippen MR) is 70.2 cm³/mol. The molecule has 0 aromatic carbocycles. The van der Waals surface area contributed by atoms with E-state index in [1.165, 1.54) is 25.5 Å². The Bertz CT molecular complexity index is 403. The van der Waals surface area contributed by atoms with Gasteiger partial charge in [0.1, 0.15) is 0 Å². The maximum absolute atomic E-state index is 5.79.